The molecule has 4 unspecified atom stereocenters. The number of carbonyl (C=O) groups is 5. The van der Waals surface area contributed by atoms with E-state index in [2.05, 4.69) is 43.5 Å². The van der Waals surface area contributed by atoms with Crippen LogP contribution in [0.5, 0.6) is 0 Å². The average molecular weight is 530 g/mol. The van der Waals surface area contributed by atoms with Crippen LogP contribution in [0.15, 0.2) is 17.5 Å². The number of aromatic nitrogens is 2. The van der Waals surface area contributed by atoms with Crippen LogP contribution >= 0.6 is 12.6 Å². The van der Waals surface area contributed by atoms with Crippen molar-refractivity contribution in [3.63, 3.8) is 0 Å². The Kier molecular flexibility index (Phi) is 12.7. The fourth-order valence-electron chi connectivity index (χ4n) is 2.88. The molecule has 0 radical (unpaired) electrons. The monoisotopic (exact) mass is 529 g/mol. The highest BCUT2D eigenvalue weighted by molar-refractivity contribution is 7.80. The number of hydrogen-bond acceptors (Lipinski definition) is 9. The van der Waals surface area contributed by atoms with Crippen molar-refractivity contribution in [1.29, 1.82) is 0 Å². The van der Waals surface area contributed by atoms with Crippen LogP contribution in [-0.4, -0.2) is 92.3 Å². The predicted octanol–water partition coefficient (Wildman–Crippen LogP) is -3.72. The van der Waals surface area contributed by atoms with E-state index in [1.807, 2.05) is 0 Å². The Balaban J connectivity index is 3.03. The maximum atomic E-state index is 13.0. The zero-order valence-corrected chi connectivity index (χ0v) is 20.1. The van der Waals surface area contributed by atoms with Gasteiger partial charge in [-0.1, -0.05) is 0 Å². The lowest BCUT2D eigenvalue weighted by Gasteiger charge is -2.24. The predicted molar refractivity (Wildman–Crippen MR) is 130 cm³/mol. The first-order chi connectivity index (χ1) is 16.9. The third kappa shape index (κ3) is 11.0. The highest BCUT2D eigenvalue weighted by Gasteiger charge is 2.31. The van der Waals surface area contributed by atoms with E-state index in [0.29, 0.717) is 5.69 Å². The lowest BCUT2D eigenvalue weighted by Crippen LogP contribution is -2.58. The Hall–Kier alpha value is -3.86. The van der Waals surface area contributed by atoms with Gasteiger partial charge < -0.3 is 48.3 Å². The molecule has 4 atom stereocenters. The van der Waals surface area contributed by atoms with Crippen molar-refractivity contribution in [2.45, 2.75) is 49.9 Å². The van der Waals surface area contributed by atoms with Crippen molar-refractivity contribution in [2.75, 3.05) is 12.3 Å². The van der Waals surface area contributed by atoms with Gasteiger partial charge in [-0.15, -0.1) is 0 Å². The molecule has 0 saturated carbocycles. The van der Waals surface area contributed by atoms with Crippen molar-refractivity contribution < 1.29 is 34.2 Å². The number of guanidine groups is 1. The summed E-state index contributed by atoms with van der Waals surface area (Å²) in [5.41, 5.74) is 16.4. The van der Waals surface area contributed by atoms with Crippen LogP contribution in [0.3, 0.4) is 0 Å². The van der Waals surface area contributed by atoms with Crippen molar-refractivity contribution in [3.8, 4) is 0 Å². The van der Waals surface area contributed by atoms with Crippen LogP contribution < -0.4 is 33.2 Å². The standard InChI is InChI=1S/C19H31N9O7S/c20-10(7-36)15(31)27-13(5-14(29)30)17(33)28-12(4-9-6-23-8-25-9)16(32)26-11(18(34)35)2-1-3-24-19(21)22/h6,8,10-13,36H,1-5,7,20H2,(H,23,25)(H,26,32)(H,27,31)(H,28,33)(H,29,30)(H,34,35)(H4,21,22,24). The summed E-state index contributed by atoms with van der Waals surface area (Å²) >= 11 is 3.89. The summed E-state index contributed by atoms with van der Waals surface area (Å²) < 4.78 is 0. The molecule has 1 aromatic rings. The van der Waals surface area contributed by atoms with Gasteiger partial charge >= 0.3 is 11.9 Å². The van der Waals surface area contributed by atoms with Gasteiger partial charge in [-0.05, 0) is 12.8 Å². The zero-order chi connectivity index (χ0) is 27.3. The van der Waals surface area contributed by atoms with E-state index in [9.17, 15) is 29.1 Å². The smallest absolute Gasteiger partial charge is 0.326 e. The first-order valence-corrected chi connectivity index (χ1v) is 11.3. The van der Waals surface area contributed by atoms with E-state index >= 15 is 0 Å². The van der Waals surface area contributed by atoms with Gasteiger partial charge in [0.2, 0.25) is 17.7 Å². The number of nitrogens with zero attached hydrogens (tertiary/aromatic N) is 2. The number of carboxylic acid groups (broad SMARTS) is 2. The number of carbonyl (C=O) groups excluding carboxylic acids is 3. The number of nitrogens with two attached hydrogens (primary N) is 3. The number of aromatic amines is 1. The second kappa shape index (κ2) is 15.2. The van der Waals surface area contributed by atoms with Gasteiger partial charge in [0.05, 0.1) is 18.8 Å². The quantitative estimate of drug-likeness (QED) is 0.0430. The molecule has 0 aliphatic carbocycles. The largest absolute Gasteiger partial charge is 0.481 e. The number of aliphatic imine (C=N–C) groups is 1. The summed E-state index contributed by atoms with van der Waals surface area (Å²) in [6.45, 7) is 0.140. The molecule has 17 heteroatoms. The highest BCUT2D eigenvalue weighted by atomic mass is 32.1. The molecule has 36 heavy (non-hydrogen) atoms. The number of thiol groups is 1. The maximum absolute atomic E-state index is 13.0. The summed E-state index contributed by atoms with van der Waals surface area (Å²) in [7, 11) is 0. The second-order valence-electron chi connectivity index (χ2n) is 7.64. The summed E-state index contributed by atoms with van der Waals surface area (Å²) in [5.74, 6) is -5.60. The molecular weight excluding hydrogens is 498 g/mol. The molecule has 0 bridgehead atoms. The van der Waals surface area contributed by atoms with Crippen LogP contribution in [-0.2, 0) is 30.4 Å². The van der Waals surface area contributed by atoms with Gasteiger partial charge in [0.1, 0.15) is 18.1 Å². The minimum atomic E-state index is -1.56. The van der Waals surface area contributed by atoms with Gasteiger partial charge in [0, 0.05) is 30.6 Å². The molecule has 0 saturated heterocycles. The lowest BCUT2D eigenvalue weighted by atomic mass is 10.1. The number of imidazole rings is 1. The Morgan fingerprint density at radius 3 is 2.17 bits per heavy atom. The molecule has 0 aliphatic rings. The van der Waals surface area contributed by atoms with Gasteiger partial charge in [0.25, 0.3) is 0 Å². The third-order valence-electron chi connectivity index (χ3n) is 4.72. The lowest BCUT2D eigenvalue weighted by molar-refractivity contribution is -0.143. The number of aliphatic carboxylic acids is 2. The zero-order valence-electron chi connectivity index (χ0n) is 19.2. The molecule has 1 rings (SSSR count). The highest BCUT2D eigenvalue weighted by Crippen LogP contribution is 2.05. The molecule has 3 amide bonds. The number of nitrogens with one attached hydrogen (secondary N) is 4. The van der Waals surface area contributed by atoms with Crippen molar-refractivity contribution in [1.82, 2.24) is 25.9 Å². The number of amides is 3. The molecule has 0 fully saturated rings. The minimum Gasteiger partial charge on any atom is -0.481 e. The van der Waals surface area contributed by atoms with E-state index in [1.54, 1.807) is 0 Å². The van der Waals surface area contributed by atoms with E-state index < -0.39 is 60.2 Å². The fraction of sp³-hybridized carbons (Fsp3) is 0.526. The van der Waals surface area contributed by atoms with Crippen molar-refractivity contribution in [3.05, 3.63) is 18.2 Å². The van der Waals surface area contributed by atoms with Crippen LogP contribution in [0.4, 0.5) is 0 Å². The van der Waals surface area contributed by atoms with E-state index in [4.69, 9.17) is 22.3 Å². The molecular formula is C19H31N9O7S. The number of carboxylic acids is 2. The summed E-state index contributed by atoms with van der Waals surface area (Å²) in [6.07, 6.45) is 2.02. The van der Waals surface area contributed by atoms with Gasteiger partial charge in [-0.2, -0.15) is 12.6 Å². The van der Waals surface area contributed by atoms with E-state index in [1.165, 1.54) is 12.5 Å². The Morgan fingerprint density at radius 2 is 1.64 bits per heavy atom. The van der Waals surface area contributed by atoms with Gasteiger partial charge in [0.15, 0.2) is 5.96 Å². The molecule has 0 aromatic carbocycles. The van der Waals surface area contributed by atoms with Crippen molar-refractivity contribution >= 4 is 48.2 Å². The van der Waals surface area contributed by atoms with Gasteiger partial charge in [-0.3, -0.25) is 24.2 Å². The first-order valence-electron chi connectivity index (χ1n) is 10.7. The Labute approximate surface area is 211 Å². The number of rotatable bonds is 16. The molecule has 1 heterocycles. The fourth-order valence-corrected chi connectivity index (χ4v) is 3.04. The third-order valence-corrected chi connectivity index (χ3v) is 5.11. The maximum Gasteiger partial charge on any atom is 0.326 e. The normalized spacial score (nSPS) is 13.9. The molecule has 0 aliphatic heterocycles. The van der Waals surface area contributed by atoms with Crippen LogP contribution in [0.25, 0.3) is 0 Å². The van der Waals surface area contributed by atoms with Crippen LogP contribution in [0.2, 0.25) is 0 Å². The second-order valence-corrected chi connectivity index (χ2v) is 8.00. The van der Waals surface area contributed by atoms with Crippen LogP contribution in [0.1, 0.15) is 25.0 Å². The number of hydrogen-bond donors (Lipinski definition) is 10. The minimum absolute atomic E-state index is 0.0120. The molecule has 12 N–H and O–H groups in total. The summed E-state index contributed by atoms with van der Waals surface area (Å²) in [6, 6.07) is -5.33. The topological polar surface area (TPSA) is 281 Å². The Bertz CT molecular complexity index is 938. The van der Waals surface area contributed by atoms with Crippen molar-refractivity contribution in [2.24, 2.45) is 22.2 Å². The molecule has 200 valence electrons. The van der Waals surface area contributed by atoms with Gasteiger partial charge in [-0.25, -0.2) is 9.78 Å². The molecule has 0 spiro atoms. The summed E-state index contributed by atoms with van der Waals surface area (Å²) in [5, 5.41) is 25.6. The van der Waals surface area contributed by atoms with Crippen LogP contribution in [0, 0.1) is 0 Å². The Morgan fingerprint density at radius 1 is 1.03 bits per heavy atom. The first kappa shape index (κ1) is 30.2. The molecule has 16 nitrogen and oxygen atoms in total. The van der Waals surface area contributed by atoms with E-state index in [0.717, 1.165) is 0 Å². The molecule has 1 aromatic heterocycles. The number of H-pyrrole nitrogens is 1. The van der Waals surface area contributed by atoms with E-state index in [-0.39, 0.29) is 37.5 Å². The summed E-state index contributed by atoms with van der Waals surface area (Å²) in [4.78, 5) is 71.1. The average Bonchev–Trinajstić information content (AvgIpc) is 3.31. The SMILES string of the molecule is NC(N)=NCCCC(NC(=O)C(Cc1cnc[nH]1)NC(=O)C(CC(=O)O)NC(=O)C(N)CS)C(=O)O.